The molecule has 0 fully saturated rings. The molecule has 0 amide bonds. The van der Waals surface area contributed by atoms with Crippen LogP contribution in [0, 0.1) is 0 Å². The van der Waals surface area contributed by atoms with Crippen molar-refractivity contribution in [3.63, 3.8) is 0 Å². The maximum atomic E-state index is 11.7. The Morgan fingerprint density at radius 2 is 2.00 bits per heavy atom. The number of fused-ring (bicyclic) bond motifs is 1. The number of esters is 1. The Morgan fingerprint density at radius 3 is 2.74 bits per heavy atom. The Labute approximate surface area is 157 Å². The van der Waals surface area contributed by atoms with Crippen LogP contribution in [0.1, 0.15) is 30.9 Å². The molecule has 3 rings (SSSR count). The zero-order valence-electron chi connectivity index (χ0n) is 15.5. The molecule has 0 spiro atoms. The molecule has 0 aliphatic heterocycles. The Kier molecular flexibility index (Phi) is 5.85. The molecule has 3 aromatic rings. The van der Waals surface area contributed by atoms with Gasteiger partial charge < -0.3 is 19.8 Å². The van der Waals surface area contributed by atoms with Gasteiger partial charge in [0.15, 0.2) is 17.0 Å². The lowest BCUT2D eigenvalue weighted by molar-refractivity contribution is -0.139. The standard InChI is InChI=1S/C19H23N5O3/c1-3-4-9-27-19-22-17(20)16-18(23-19)24(12-21-16)11-14-8-6-5-7-13(14)10-15(25)26-2/h5-8,12H,3-4,9-11H2,1-2H3,(H2,20,22,23). The lowest BCUT2D eigenvalue weighted by atomic mass is 10.0. The van der Waals surface area contributed by atoms with Crippen molar-refractivity contribution in [2.75, 3.05) is 19.5 Å². The number of unbranched alkanes of at least 4 members (excludes halogenated alkanes) is 1. The van der Waals surface area contributed by atoms with Gasteiger partial charge in [-0.3, -0.25) is 4.79 Å². The van der Waals surface area contributed by atoms with E-state index >= 15 is 0 Å². The predicted molar refractivity (Wildman–Crippen MR) is 101 cm³/mol. The van der Waals surface area contributed by atoms with Gasteiger partial charge >= 0.3 is 12.0 Å². The number of aromatic nitrogens is 4. The van der Waals surface area contributed by atoms with Gasteiger partial charge in [-0.2, -0.15) is 9.97 Å². The highest BCUT2D eigenvalue weighted by Crippen LogP contribution is 2.21. The van der Waals surface area contributed by atoms with E-state index in [1.54, 1.807) is 6.33 Å². The Hall–Kier alpha value is -3.16. The summed E-state index contributed by atoms with van der Waals surface area (Å²) in [7, 11) is 1.38. The fraction of sp³-hybridized carbons (Fsp3) is 0.368. The second-order valence-electron chi connectivity index (χ2n) is 6.16. The van der Waals surface area contributed by atoms with E-state index in [0.717, 1.165) is 24.0 Å². The van der Waals surface area contributed by atoms with Crippen LogP contribution >= 0.6 is 0 Å². The van der Waals surface area contributed by atoms with Crippen molar-refractivity contribution in [1.29, 1.82) is 0 Å². The summed E-state index contributed by atoms with van der Waals surface area (Å²) in [6.07, 6.45) is 3.82. The van der Waals surface area contributed by atoms with Gasteiger partial charge in [0.1, 0.15) is 0 Å². The zero-order valence-corrected chi connectivity index (χ0v) is 15.5. The molecule has 8 heteroatoms. The van der Waals surface area contributed by atoms with Crippen LogP contribution in [0.5, 0.6) is 6.01 Å². The van der Waals surface area contributed by atoms with E-state index in [9.17, 15) is 4.79 Å². The highest BCUT2D eigenvalue weighted by Gasteiger charge is 2.14. The van der Waals surface area contributed by atoms with E-state index in [2.05, 4.69) is 21.9 Å². The number of anilines is 1. The van der Waals surface area contributed by atoms with E-state index in [-0.39, 0.29) is 24.2 Å². The summed E-state index contributed by atoms with van der Waals surface area (Å²) in [4.78, 5) is 24.6. The van der Waals surface area contributed by atoms with Gasteiger partial charge in [0.2, 0.25) is 0 Å². The summed E-state index contributed by atoms with van der Waals surface area (Å²) < 4.78 is 12.2. The number of carbonyl (C=O) groups is 1. The third-order valence-corrected chi connectivity index (χ3v) is 4.22. The molecule has 2 heterocycles. The van der Waals surface area contributed by atoms with Gasteiger partial charge in [-0.15, -0.1) is 0 Å². The molecule has 0 radical (unpaired) electrons. The number of nitrogens with two attached hydrogens (primary N) is 1. The third-order valence-electron chi connectivity index (χ3n) is 4.22. The molecular formula is C19H23N5O3. The Balaban J connectivity index is 1.90. The van der Waals surface area contributed by atoms with Crippen LogP contribution in [-0.2, 0) is 22.5 Å². The summed E-state index contributed by atoms with van der Waals surface area (Å²) in [5, 5.41) is 0. The van der Waals surface area contributed by atoms with Crippen LogP contribution in [0.25, 0.3) is 11.2 Å². The molecular weight excluding hydrogens is 346 g/mol. The first-order valence-corrected chi connectivity index (χ1v) is 8.87. The van der Waals surface area contributed by atoms with Gasteiger partial charge in [-0.25, -0.2) is 4.98 Å². The van der Waals surface area contributed by atoms with Gasteiger partial charge in [0.05, 0.1) is 33.0 Å². The lowest BCUT2D eigenvalue weighted by Crippen LogP contribution is -2.09. The maximum Gasteiger partial charge on any atom is 0.320 e. The average molecular weight is 369 g/mol. The highest BCUT2D eigenvalue weighted by atomic mass is 16.5. The zero-order chi connectivity index (χ0) is 19.2. The molecule has 2 aromatic heterocycles. The first-order valence-electron chi connectivity index (χ1n) is 8.87. The first kappa shape index (κ1) is 18.6. The molecule has 0 bridgehead atoms. The molecule has 0 unspecified atom stereocenters. The number of hydrogen-bond acceptors (Lipinski definition) is 7. The smallest absolute Gasteiger partial charge is 0.320 e. The van der Waals surface area contributed by atoms with Gasteiger partial charge in [0.25, 0.3) is 0 Å². The summed E-state index contributed by atoms with van der Waals surface area (Å²) in [6.45, 7) is 3.12. The molecule has 0 atom stereocenters. The SMILES string of the molecule is CCCCOc1nc(N)c2ncn(Cc3ccccc3CC(=O)OC)c2n1. The number of ether oxygens (including phenoxy) is 2. The Bertz CT molecular complexity index is 938. The fourth-order valence-electron chi connectivity index (χ4n) is 2.73. The Morgan fingerprint density at radius 1 is 1.22 bits per heavy atom. The summed E-state index contributed by atoms with van der Waals surface area (Å²) in [6, 6.07) is 7.95. The van der Waals surface area contributed by atoms with E-state index in [1.807, 2.05) is 28.8 Å². The number of hydrogen-bond donors (Lipinski definition) is 1. The molecule has 0 saturated heterocycles. The van der Waals surface area contributed by atoms with Crippen molar-refractivity contribution >= 4 is 23.0 Å². The van der Waals surface area contributed by atoms with E-state index in [4.69, 9.17) is 15.2 Å². The number of rotatable bonds is 8. The molecule has 2 N–H and O–H groups in total. The van der Waals surface area contributed by atoms with Crippen LogP contribution in [-0.4, -0.2) is 39.2 Å². The molecule has 0 saturated carbocycles. The number of benzene rings is 1. The normalized spacial score (nSPS) is 10.9. The van der Waals surface area contributed by atoms with Gasteiger partial charge in [0, 0.05) is 0 Å². The van der Waals surface area contributed by atoms with Crippen molar-refractivity contribution in [3.05, 3.63) is 41.7 Å². The van der Waals surface area contributed by atoms with Crippen molar-refractivity contribution in [2.24, 2.45) is 0 Å². The van der Waals surface area contributed by atoms with Crippen molar-refractivity contribution in [2.45, 2.75) is 32.7 Å². The topological polar surface area (TPSA) is 105 Å². The maximum absolute atomic E-state index is 11.7. The van der Waals surface area contributed by atoms with Crippen LogP contribution in [0.3, 0.4) is 0 Å². The molecule has 27 heavy (non-hydrogen) atoms. The summed E-state index contributed by atoms with van der Waals surface area (Å²) in [5.41, 5.74) is 9.02. The van der Waals surface area contributed by atoms with E-state index in [0.29, 0.717) is 24.3 Å². The summed E-state index contributed by atoms with van der Waals surface area (Å²) >= 11 is 0. The minimum Gasteiger partial charge on any atom is -0.469 e. The molecule has 1 aromatic carbocycles. The second kappa shape index (κ2) is 8.48. The van der Waals surface area contributed by atoms with Gasteiger partial charge in [-0.05, 0) is 17.5 Å². The monoisotopic (exact) mass is 369 g/mol. The summed E-state index contributed by atoms with van der Waals surface area (Å²) in [5.74, 6) is 0.00390. The van der Waals surface area contributed by atoms with Crippen LogP contribution in [0.4, 0.5) is 5.82 Å². The first-order chi connectivity index (χ1) is 13.1. The third kappa shape index (κ3) is 4.33. The van der Waals surface area contributed by atoms with Crippen LogP contribution in [0.15, 0.2) is 30.6 Å². The largest absolute Gasteiger partial charge is 0.469 e. The average Bonchev–Trinajstić information content (AvgIpc) is 3.07. The minimum absolute atomic E-state index is 0.210. The molecule has 0 aliphatic rings. The van der Waals surface area contributed by atoms with Crippen molar-refractivity contribution in [3.8, 4) is 6.01 Å². The van der Waals surface area contributed by atoms with E-state index < -0.39 is 0 Å². The second-order valence-corrected chi connectivity index (χ2v) is 6.16. The predicted octanol–water partition coefficient (Wildman–Crippen LogP) is 2.35. The van der Waals surface area contributed by atoms with Crippen LogP contribution in [0.2, 0.25) is 0 Å². The molecule has 0 aliphatic carbocycles. The van der Waals surface area contributed by atoms with Crippen molar-refractivity contribution < 1.29 is 14.3 Å². The lowest BCUT2D eigenvalue weighted by Gasteiger charge is -2.10. The highest BCUT2D eigenvalue weighted by molar-refractivity contribution is 5.82. The molecule has 8 nitrogen and oxygen atoms in total. The fourth-order valence-corrected chi connectivity index (χ4v) is 2.73. The quantitative estimate of drug-likeness (QED) is 0.480. The molecule has 142 valence electrons. The number of nitrogen functional groups attached to an aromatic ring is 1. The minimum atomic E-state index is -0.281. The van der Waals surface area contributed by atoms with E-state index in [1.165, 1.54) is 7.11 Å². The number of nitrogens with zero attached hydrogens (tertiary/aromatic N) is 4. The van der Waals surface area contributed by atoms with Crippen molar-refractivity contribution in [1.82, 2.24) is 19.5 Å². The number of methoxy groups -OCH3 is 1. The van der Waals surface area contributed by atoms with Crippen LogP contribution < -0.4 is 10.5 Å². The number of imidazole rings is 1. The van der Waals surface area contributed by atoms with Gasteiger partial charge in [-0.1, -0.05) is 37.6 Å². The number of carbonyl (C=O) groups excluding carboxylic acids is 1.